The van der Waals surface area contributed by atoms with E-state index < -0.39 is 6.36 Å². The highest BCUT2D eigenvalue weighted by Gasteiger charge is 2.31. The van der Waals surface area contributed by atoms with Gasteiger partial charge in [0.15, 0.2) is 0 Å². The van der Waals surface area contributed by atoms with Gasteiger partial charge in [-0.3, -0.25) is 10.1 Å². The normalized spacial score (nSPS) is 11.4. The summed E-state index contributed by atoms with van der Waals surface area (Å²) in [7, 11) is 1.55. The molecule has 0 saturated carbocycles. The van der Waals surface area contributed by atoms with E-state index in [0.717, 1.165) is 11.3 Å². The maximum atomic E-state index is 12.6. The fraction of sp³-hybridized carbons (Fsp3) is 0.100. The first-order chi connectivity index (χ1) is 13.9. The van der Waals surface area contributed by atoms with Gasteiger partial charge in [-0.15, -0.1) is 13.2 Å². The van der Waals surface area contributed by atoms with Crippen molar-refractivity contribution in [2.45, 2.75) is 6.36 Å². The molecule has 4 rings (SSSR count). The van der Waals surface area contributed by atoms with E-state index in [-0.39, 0.29) is 5.75 Å². The van der Waals surface area contributed by atoms with Gasteiger partial charge in [-0.2, -0.15) is 5.10 Å². The zero-order chi connectivity index (χ0) is 20.4. The maximum absolute atomic E-state index is 12.6. The van der Waals surface area contributed by atoms with Gasteiger partial charge in [-0.25, -0.2) is 0 Å². The number of aromatic nitrogens is 3. The molecule has 0 radical (unpaired) electrons. The molecular weight excluding hydrogens is 385 g/mol. The van der Waals surface area contributed by atoms with Crippen LogP contribution in [-0.4, -0.2) is 28.7 Å². The number of rotatable bonds is 5. The van der Waals surface area contributed by atoms with Crippen LogP contribution in [0, 0.1) is 0 Å². The fourth-order valence-corrected chi connectivity index (χ4v) is 2.95. The average Bonchev–Trinajstić information content (AvgIpc) is 3.22. The highest BCUT2D eigenvalue weighted by molar-refractivity contribution is 5.94. The monoisotopic (exact) mass is 400 g/mol. The Morgan fingerprint density at radius 2 is 1.83 bits per heavy atom. The van der Waals surface area contributed by atoms with Crippen LogP contribution in [0.15, 0.2) is 60.9 Å². The van der Waals surface area contributed by atoms with Gasteiger partial charge in [0.2, 0.25) is 0 Å². The Morgan fingerprint density at radius 3 is 2.55 bits per heavy atom. The summed E-state index contributed by atoms with van der Waals surface area (Å²) in [5.41, 5.74) is 3.42. The average molecular weight is 400 g/mol. The lowest BCUT2D eigenvalue weighted by atomic mass is 10.1. The predicted molar refractivity (Wildman–Crippen MR) is 102 cm³/mol. The van der Waals surface area contributed by atoms with Gasteiger partial charge in [-0.05, 0) is 42.5 Å². The van der Waals surface area contributed by atoms with Crippen molar-refractivity contribution in [1.82, 2.24) is 15.2 Å². The first-order valence-corrected chi connectivity index (χ1v) is 8.52. The first kappa shape index (κ1) is 18.6. The van der Waals surface area contributed by atoms with Gasteiger partial charge in [0.25, 0.3) is 0 Å². The van der Waals surface area contributed by atoms with E-state index in [1.54, 1.807) is 31.6 Å². The summed E-state index contributed by atoms with van der Waals surface area (Å²) in [5.74, 6) is 0.295. The van der Waals surface area contributed by atoms with Gasteiger partial charge in [0.05, 0.1) is 18.3 Å². The molecule has 0 unspecified atom stereocenters. The highest BCUT2D eigenvalue weighted by Crippen LogP contribution is 2.33. The third-order valence-corrected chi connectivity index (χ3v) is 4.18. The molecule has 148 valence electrons. The van der Waals surface area contributed by atoms with Crippen LogP contribution in [-0.2, 0) is 0 Å². The third-order valence-electron chi connectivity index (χ3n) is 4.18. The van der Waals surface area contributed by atoms with Gasteiger partial charge in [0.1, 0.15) is 11.5 Å². The zero-order valence-corrected chi connectivity index (χ0v) is 15.1. The standard InChI is InChI=1S/C20H15F3N4O2/c1-28-15-9-12(17-5-7-25-27-17)8-13(10-15)26-19-4-6-24-18-3-2-14(11-16(18)19)29-20(21,22)23/h2-11H,1H3,(H,24,26)(H,25,27). The van der Waals surface area contributed by atoms with Crippen LogP contribution in [0.1, 0.15) is 0 Å². The molecule has 0 amide bonds. The molecule has 0 aliphatic carbocycles. The number of alkyl halides is 3. The van der Waals surface area contributed by atoms with Gasteiger partial charge in [-0.1, -0.05) is 0 Å². The molecule has 9 heteroatoms. The second-order valence-corrected chi connectivity index (χ2v) is 6.13. The molecule has 0 fully saturated rings. The summed E-state index contributed by atoms with van der Waals surface area (Å²) in [6.45, 7) is 0. The topological polar surface area (TPSA) is 72.1 Å². The van der Waals surface area contributed by atoms with E-state index in [4.69, 9.17) is 4.74 Å². The number of benzene rings is 2. The molecule has 6 nitrogen and oxygen atoms in total. The second-order valence-electron chi connectivity index (χ2n) is 6.13. The number of ether oxygens (including phenoxy) is 2. The molecule has 2 heterocycles. The van der Waals surface area contributed by atoms with E-state index in [1.165, 1.54) is 18.2 Å². The Balaban J connectivity index is 1.74. The van der Waals surface area contributed by atoms with Crippen LogP contribution in [0.3, 0.4) is 0 Å². The largest absolute Gasteiger partial charge is 0.573 e. The van der Waals surface area contributed by atoms with Crippen molar-refractivity contribution in [1.29, 1.82) is 0 Å². The highest BCUT2D eigenvalue weighted by atomic mass is 19.4. The van der Waals surface area contributed by atoms with Crippen LogP contribution in [0.2, 0.25) is 0 Å². The van der Waals surface area contributed by atoms with Crippen LogP contribution in [0.4, 0.5) is 24.5 Å². The molecule has 2 N–H and O–H groups in total. The molecule has 29 heavy (non-hydrogen) atoms. The van der Waals surface area contributed by atoms with E-state index in [0.29, 0.717) is 28.0 Å². The number of aromatic amines is 1. The zero-order valence-electron chi connectivity index (χ0n) is 15.1. The van der Waals surface area contributed by atoms with Crippen molar-refractivity contribution in [3.05, 3.63) is 60.9 Å². The minimum absolute atomic E-state index is 0.315. The van der Waals surface area contributed by atoms with E-state index in [9.17, 15) is 13.2 Å². The number of anilines is 2. The molecule has 0 spiro atoms. The fourth-order valence-electron chi connectivity index (χ4n) is 2.95. The number of hydrogen-bond acceptors (Lipinski definition) is 5. The van der Waals surface area contributed by atoms with Crippen molar-refractivity contribution in [2.75, 3.05) is 12.4 Å². The number of hydrogen-bond donors (Lipinski definition) is 2. The Bertz CT molecular complexity index is 1140. The molecule has 0 atom stereocenters. The minimum Gasteiger partial charge on any atom is -0.497 e. The number of H-pyrrole nitrogens is 1. The van der Waals surface area contributed by atoms with E-state index in [2.05, 4.69) is 25.2 Å². The van der Waals surface area contributed by atoms with Crippen LogP contribution >= 0.6 is 0 Å². The molecule has 4 aromatic rings. The quantitative estimate of drug-likeness (QED) is 0.477. The summed E-state index contributed by atoms with van der Waals surface area (Å²) >= 11 is 0. The van der Waals surface area contributed by atoms with Crippen LogP contribution < -0.4 is 14.8 Å². The minimum atomic E-state index is -4.77. The molecule has 2 aromatic heterocycles. The summed E-state index contributed by atoms with van der Waals surface area (Å²) in [6, 6.07) is 13.0. The Morgan fingerprint density at radius 1 is 0.966 bits per heavy atom. The summed E-state index contributed by atoms with van der Waals surface area (Å²) in [4.78, 5) is 4.20. The smallest absolute Gasteiger partial charge is 0.497 e. The lowest BCUT2D eigenvalue weighted by Crippen LogP contribution is -2.17. The van der Waals surface area contributed by atoms with Gasteiger partial charge in [0, 0.05) is 40.8 Å². The molecule has 0 saturated heterocycles. The summed E-state index contributed by atoms with van der Waals surface area (Å²) in [5, 5.41) is 10.5. The lowest BCUT2D eigenvalue weighted by molar-refractivity contribution is -0.274. The number of halogens is 3. The van der Waals surface area contributed by atoms with Crippen LogP contribution in [0.5, 0.6) is 11.5 Å². The van der Waals surface area contributed by atoms with Crippen molar-refractivity contribution >= 4 is 22.3 Å². The Labute approximate surface area is 163 Å². The van der Waals surface area contributed by atoms with Crippen LogP contribution in [0.25, 0.3) is 22.2 Å². The molecule has 2 aromatic carbocycles. The maximum Gasteiger partial charge on any atom is 0.573 e. The predicted octanol–water partition coefficient (Wildman–Crippen LogP) is 5.28. The second kappa shape index (κ2) is 7.34. The summed E-state index contributed by atoms with van der Waals surface area (Å²) in [6.07, 6.45) is -1.55. The number of pyridine rings is 1. The number of methoxy groups -OCH3 is 1. The van der Waals surface area contributed by atoms with Gasteiger partial charge < -0.3 is 14.8 Å². The van der Waals surface area contributed by atoms with Crippen molar-refractivity contribution in [2.24, 2.45) is 0 Å². The molecule has 0 aliphatic rings. The molecule has 0 aliphatic heterocycles. The first-order valence-electron chi connectivity index (χ1n) is 8.52. The number of nitrogens with one attached hydrogen (secondary N) is 2. The van der Waals surface area contributed by atoms with E-state index in [1.807, 2.05) is 18.2 Å². The lowest BCUT2D eigenvalue weighted by Gasteiger charge is -2.14. The molecular formula is C20H15F3N4O2. The van der Waals surface area contributed by atoms with Crippen molar-refractivity contribution in [3.63, 3.8) is 0 Å². The number of fused-ring (bicyclic) bond motifs is 1. The Kier molecular flexibility index (Phi) is 4.71. The number of nitrogens with zero attached hydrogens (tertiary/aromatic N) is 2. The van der Waals surface area contributed by atoms with Gasteiger partial charge >= 0.3 is 6.36 Å². The molecule has 0 bridgehead atoms. The Hall–Kier alpha value is -3.75. The third kappa shape index (κ3) is 4.23. The summed E-state index contributed by atoms with van der Waals surface area (Å²) < 4.78 is 47.1. The van der Waals surface area contributed by atoms with E-state index >= 15 is 0 Å². The van der Waals surface area contributed by atoms with Crippen molar-refractivity contribution < 1.29 is 22.6 Å². The van der Waals surface area contributed by atoms with Crippen molar-refractivity contribution in [3.8, 4) is 22.8 Å². The SMILES string of the molecule is COc1cc(Nc2ccnc3ccc(OC(F)(F)F)cc23)cc(-c2ccn[nH]2)c1.